The molecule has 0 aromatic carbocycles. The number of fused-ring (bicyclic) bond motifs is 6. The van der Waals surface area contributed by atoms with Crippen molar-refractivity contribution in [3.63, 3.8) is 0 Å². The lowest BCUT2D eigenvalue weighted by molar-refractivity contribution is -0.101. The first kappa shape index (κ1) is 28.7. The van der Waals surface area contributed by atoms with Crippen molar-refractivity contribution in [3.8, 4) is 0 Å². The van der Waals surface area contributed by atoms with Gasteiger partial charge in [0.1, 0.15) is 22.9 Å². The molecule has 2 aromatic rings. The molecular formula is C30H38N8O8S. The summed E-state index contributed by atoms with van der Waals surface area (Å²) in [5, 5.41) is 17.3. The van der Waals surface area contributed by atoms with Crippen LogP contribution in [-0.4, -0.2) is 102 Å². The van der Waals surface area contributed by atoms with Crippen LogP contribution in [0.1, 0.15) is 98.2 Å². The molecule has 8 fully saturated rings. The summed E-state index contributed by atoms with van der Waals surface area (Å²) >= 11 is 0. The summed E-state index contributed by atoms with van der Waals surface area (Å²) in [4.78, 5) is 30.7. The van der Waals surface area contributed by atoms with E-state index in [0.717, 1.165) is 86.4 Å². The van der Waals surface area contributed by atoms with Crippen molar-refractivity contribution in [1.29, 1.82) is 0 Å². The second-order valence-electron chi connectivity index (χ2n) is 15.0. The highest BCUT2D eigenvalue weighted by molar-refractivity contribution is 7.81. The molecule has 2 saturated carbocycles. The van der Waals surface area contributed by atoms with Crippen molar-refractivity contribution in [2.75, 3.05) is 39.3 Å². The first-order valence-electron chi connectivity index (χ1n) is 16.9. The highest BCUT2D eigenvalue weighted by atomic mass is 32.3. The predicted octanol–water partition coefficient (Wildman–Crippen LogP) is 2.29. The molecule has 252 valence electrons. The summed E-state index contributed by atoms with van der Waals surface area (Å²) < 4.78 is 49.4. The Morgan fingerprint density at radius 2 is 1.19 bits per heavy atom. The van der Waals surface area contributed by atoms with Gasteiger partial charge >= 0.3 is 22.5 Å². The highest BCUT2D eigenvalue weighted by Crippen LogP contribution is 2.63. The minimum atomic E-state index is -4.84. The van der Waals surface area contributed by atoms with Gasteiger partial charge in [-0.1, -0.05) is 10.3 Å². The number of hydrogen-bond donors (Lipinski definition) is 2. The van der Waals surface area contributed by atoms with Crippen LogP contribution in [0.2, 0.25) is 0 Å². The van der Waals surface area contributed by atoms with E-state index in [2.05, 4.69) is 20.9 Å². The van der Waals surface area contributed by atoms with Gasteiger partial charge in [0, 0.05) is 50.1 Å². The normalized spacial score (nSPS) is 34.9. The Kier molecular flexibility index (Phi) is 6.05. The third kappa shape index (κ3) is 4.42. The van der Waals surface area contributed by atoms with Gasteiger partial charge in [-0.25, -0.2) is 9.59 Å². The molecule has 17 heteroatoms. The maximum atomic E-state index is 13.8. The number of hydroxylamine groups is 4. The molecule has 2 aromatic heterocycles. The maximum Gasteiger partial charge on any atom is 0.442 e. The Morgan fingerprint density at radius 1 is 0.745 bits per heavy atom. The topological polar surface area (TPSA) is 176 Å². The molecule has 6 aliphatic heterocycles. The Hall–Kier alpha value is -3.25. The fraction of sp³-hybridized carbons (Fsp3) is 0.733. The molecule has 16 nitrogen and oxygen atoms in total. The van der Waals surface area contributed by atoms with Gasteiger partial charge < -0.3 is 29.5 Å². The highest BCUT2D eigenvalue weighted by Gasteiger charge is 2.66. The predicted molar refractivity (Wildman–Crippen MR) is 158 cm³/mol. The molecule has 10 rings (SSSR count). The molecule has 2 aliphatic carbocycles. The van der Waals surface area contributed by atoms with E-state index in [1.807, 2.05) is 12.1 Å². The molecule has 4 amide bonds. The summed E-state index contributed by atoms with van der Waals surface area (Å²) in [6.45, 7) is 4.12. The number of amides is 4. The monoisotopic (exact) mass is 670 g/mol. The number of carbonyl (C=O) groups excluding carboxylic acids is 2. The zero-order valence-corrected chi connectivity index (χ0v) is 26.7. The molecular weight excluding hydrogens is 632 g/mol. The van der Waals surface area contributed by atoms with Crippen LogP contribution >= 0.6 is 0 Å². The van der Waals surface area contributed by atoms with E-state index in [-0.39, 0.29) is 34.7 Å². The van der Waals surface area contributed by atoms with E-state index in [9.17, 15) is 18.0 Å². The van der Waals surface area contributed by atoms with Crippen molar-refractivity contribution >= 4 is 22.5 Å². The molecule has 6 saturated heterocycles. The van der Waals surface area contributed by atoms with Crippen molar-refractivity contribution in [2.24, 2.45) is 10.8 Å². The zero-order chi connectivity index (χ0) is 31.7. The van der Waals surface area contributed by atoms with Crippen molar-refractivity contribution in [3.05, 3.63) is 35.0 Å². The first-order chi connectivity index (χ1) is 22.7. The van der Waals surface area contributed by atoms with Crippen LogP contribution in [-0.2, 0) is 19.0 Å². The van der Waals surface area contributed by atoms with E-state index in [4.69, 9.17) is 17.6 Å². The number of piperidine rings is 2. The van der Waals surface area contributed by atoms with E-state index in [1.165, 1.54) is 0 Å². The standard InChI is InChI=1S/C30H38N8O8S/c39-27-35-15-25(29(3-4-29)11-21(35)19-9-23(43-33-19)17-1-7-31-13-17)37(27)45-47(41,42)46-38-26-16-36(28(38)40)22(12-30(26)5-6-30)20-10-24(44-34-20)18-2-8-32-14-18/h9-10,17-18,21-22,25-26,31-32H,1-8,11-16H2/t17?,18?,21-,22-,25-,26-/m0/s1. The lowest BCUT2D eigenvalue weighted by atomic mass is 9.84. The Labute approximate surface area is 271 Å². The number of carbonyl (C=O) groups is 2. The number of aromatic nitrogens is 2. The number of rotatable bonds is 8. The minimum Gasteiger partial charge on any atom is -0.361 e. The average Bonchev–Trinajstić information content (AvgIpc) is 3.59. The fourth-order valence-corrected chi connectivity index (χ4v) is 10.0. The summed E-state index contributed by atoms with van der Waals surface area (Å²) in [6.07, 6.45) is 6.61. The Morgan fingerprint density at radius 3 is 1.57 bits per heavy atom. The number of nitrogens with one attached hydrogen (secondary N) is 2. The van der Waals surface area contributed by atoms with Gasteiger partial charge in [0.05, 0.1) is 24.2 Å². The lowest BCUT2D eigenvalue weighted by Gasteiger charge is -2.36. The number of nitrogens with zero attached hydrogens (tertiary/aromatic N) is 6. The Balaban J connectivity index is 0.865. The summed E-state index contributed by atoms with van der Waals surface area (Å²) in [5.41, 5.74) is 0.800. The van der Waals surface area contributed by atoms with Gasteiger partial charge in [-0.3, -0.25) is 0 Å². The van der Waals surface area contributed by atoms with Gasteiger partial charge in [0.25, 0.3) is 0 Å². The van der Waals surface area contributed by atoms with Crippen LogP contribution < -0.4 is 10.6 Å². The van der Waals surface area contributed by atoms with Gasteiger partial charge in [-0.15, -0.1) is 8.57 Å². The van der Waals surface area contributed by atoms with Crippen LogP contribution in [0.3, 0.4) is 0 Å². The zero-order valence-electron chi connectivity index (χ0n) is 25.9. The van der Waals surface area contributed by atoms with Crippen LogP contribution in [0.4, 0.5) is 9.59 Å². The second-order valence-corrected chi connectivity index (χ2v) is 16.1. The Bertz CT molecular complexity index is 1610. The molecule has 2 spiro atoms. The van der Waals surface area contributed by atoms with Crippen molar-refractivity contribution in [2.45, 2.75) is 87.4 Å². The van der Waals surface area contributed by atoms with Crippen LogP contribution in [0.5, 0.6) is 0 Å². The molecule has 0 radical (unpaired) electrons. The van der Waals surface area contributed by atoms with Crippen molar-refractivity contribution < 1.29 is 35.6 Å². The van der Waals surface area contributed by atoms with E-state index < -0.39 is 34.5 Å². The molecule has 8 heterocycles. The summed E-state index contributed by atoms with van der Waals surface area (Å²) in [7, 11) is -4.84. The smallest absolute Gasteiger partial charge is 0.361 e. The third-order valence-electron chi connectivity index (χ3n) is 12.4. The molecule has 8 aliphatic rings. The summed E-state index contributed by atoms with van der Waals surface area (Å²) in [6, 6.07) is 1.17. The van der Waals surface area contributed by atoms with Crippen LogP contribution in [0.25, 0.3) is 0 Å². The van der Waals surface area contributed by atoms with Crippen LogP contribution in [0, 0.1) is 10.8 Å². The van der Waals surface area contributed by atoms with E-state index >= 15 is 0 Å². The first-order valence-corrected chi connectivity index (χ1v) is 18.2. The van der Waals surface area contributed by atoms with Gasteiger partial charge in [-0.2, -0.15) is 18.5 Å². The fourth-order valence-electron chi connectivity index (χ4n) is 9.27. The van der Waals surface area contributed by atoms with Crippen molar-refractivity contribution in [1.82, 2.24) is 40.9 Å². The molecule has 47 heavy (non-hydrogen) atoms. The average molecular weight is 671 g/mol. The quantitative estimate of drug-likeness (QED) is 0.420. The minimum absolute atomic E-state index is 0.246. The van der Waals surface area contributed by atoms with Gasteiger partial charge in [0.15, 0.2) is 0 Å². The molecule has 2 unspecified atom stereocenters. The lowest BCUT2D eigenvalue weighted by Crippen LogP contribution is -2.45. The van der Waals surface area contributed by atoms with Crippen LogP contribution in [0.15, 0.2) is 21.2 Å². The van der Waals surface area contributed by atoms with E-state index in [1.54, 1.807) is 9.80 Å². The number of urea groups is 2. The van der Waals surface area contributed by atoms with Gasteiger partial charge in [0.2, 0.25) is 0 Å². The van der Waals surface area contributed by atoms with Gasteiger partial charge in [-0.05, 0) is 75.3 Å². The molecule has 2 N–H and O–H groups in total. The second kappa shape index (κ2) is 9.90. The third-order valence-corrected chi connectivity index (χ3v) is 13.1. The number of hydrogen-bond acceptors (Lipinski definition) is 12. The SMILES string of the molecule is O=C1N2C[C@H](N1OS(=O)(=O)ON1C(=O)N3C[C@H]1C1(CC1)C[C@H]3c1cc(C3CCNC3)on1)C1(CC1)C[C@H]2c1cc(C2CCNC2)on1. The molecule has 6 atom stereocenters. The van der Waals surface area contributed by atoms with E-state index in [0.29, 0.717) is 37.3 Å². The molecule has 4 bridgehead atoms. The largest absolute Gasteiger partial charge is 0.442 e. The maximum absolute atomic E-state index is 13.8. The summed E-state index contributed by atoms with van der Waals surface area (Å²) in [5.74, 6) is 2.09.